The number of anilines is 1. The van der Waals surface area contributed by atoms with Crippen molar-refractivity contribution in [3.05, 3.63) is 35.5 Å². The van der Waals surface area contributed by atoms with E-state index in [1.165, 1.54) is 54.4 Å². The van der Waals surface area contributed by atoms with E-state index in [2.05, 4.69) is 57.5 Å². The van der Waals surface area contributed by atoms with E-state index in [4.69, 9.17) is 19.4 Å². The normalized spacial score (nSPS) is 22.6. The molecule has 3 saturated heterocycles. The topological polar surface area (TPSA) is 91.4 Å². The van der Waals surface area contributed by atoms with Gasteiger partial charge in [0, 0.05) is 55.6 Å². The number of likely N-dealkylation sites (tertiary alicyclic amines) is 1. The fourth-order valence-electron chi connectivity index (χ4n) is 7.99. The molecule has 5 heterocycles. The first-order chi connectivity index (χ1) is 22.0. The van der Waals surface area contributed by atoms with E-state index in [1.807, 2.05) is 6.20 Å². The second-order valence-electron chi connectivity index (χ2n) is 14.6. The smallest absolute Gasteiger partial charge is 0.319 e. The van der Waals surface area contributed by atoms with Gasteiger partial charge in [0.25, 0.3) is 0 Å². The molecule has 4 aromatic rings. The van der Waals surface area contributed by atoms with Gasteiger partial charge in [-0.25, -0.2) is 0 Å². The number of hydrogen-bond donors (Lipinski definition) is 2. The monoisotopic (exact) mass is 607 g/mol. The zero-order valence-electron chi connectivity index (χ0n) is 26.7. The van der Waals surface area contributed by atoms with Gasteiger partial charge in [-0.05, 0) is 112 Å². The summed E-state index contributed by atoms with van der Waals surface area (Å²) in [5.74, 6) is 2.46. The van der Waals surface area contributed by atoms with E-state index in [-0.39, 0.29) is 12.2 Å². The molecule has 9 heteroatoms. The minimum absolute atomic E-state index is 0.125. The molecule has 5 aliphatic rings. The highest BCUT2D eigenvalue weighted by Gasteiger charge is 2.41. The molecule has 2 saturated carbocycles. The molecule has 2 aromatic heterocycles. The van der Waals surface area contributed by atoms with Gasteiger partial charge in [0.2, 0.25) is 0 Å². The van der Waals surface area contributed by atoms with Gasteiger partial charge in [0.05, 0.1) is 17.8 Å². The Kier molecular flexibility index (Phi) is 6.70. The minimum atomic E-state index is 0.125. The first kappa shape index (κ1) is 27.8. The average molecular weight is 608 g/mol. The van der Waals surface area contributed by atoms with Crippen molar-refractivity contribution in [2.45, 2.75) is 82.8 Å². The Morgan fingerprint density at radius 2 is 1.64 bits per heavy atom. The zero-order chi connectivity index (χ0) is 30.1. The van der Waals surface area contributed by atoms with Crippen LogP contribution in [-0.4, -0.2) is 83.6 Å². The Morgan fingerprint density at radius 1 is 0.867 bits per heavy atom. The van der Waals surface area contributed by atoms with Crippen molar-refractivity contribution in [2.75, 3.05) is 51.2 Å². The van der Waals surface area contributed by atoms with E-state index in [0.29, 0.717) is 17.3 Å². The van der Waals surface area contributed by atoms with Gasteiger partial charge < -0.3 is 24.6 Å². The minimum Gasteiger partial charge on any atom is -0.487 e. The van der Waals surface area contributed by atoms with Crippen LogP contribution in [0.5, 0.6) is 11.8 Å². The van der Waals surface area contributed by atoms with Crippen LogP contribution in [0.25, 0.3) is 32.9 Å². The number of benzene rings is 2. The number of H-pyrrole nitrogens is 1. The summed E-state index contributed by atoms with van der Waals surface area (Å²) in [6, 6.07) is 7.28. The largest absolute Gasteiger partial charge is 0.487 e. The molecule has 0 radical (unpaired) electrons. The van der Waals surface area contributed by atoms with Crippen LogP contribution in [0.3, 0.4) is 0 Å². The SMILES string of the molecule is Cc1ccc2[nH]ncc2c1-c1c(C2CC2)cc2c(N3CCC4(CC3)CNC4)nc(OC3CCN(C)CC3)nc2c1OC1CCC1. The van der Waals surface area contributed by atoms with E-state index in [0.717, 1.165) is 98.3 Å². The number of nitrogens with zero attached hydrogens (tertiary/aromatic N) is 5. The van der Waals surface area contributed by atoms with Crippen LogP contribution in [0.4, 0.5) is 5.82 Å². The molecular formula is C36H45N7O2. The van der Waals surface area contributed by atoms with Crippen LogP contribution in [0.1, 0.15) is 74.8 Å². The maximum absolute atomic E-state index is 7.10. The van der Waals surface area contributed by atoms with Crippen molar-refractivity contribution in [1.29, 1.82) is 0 Å². The lowest BCUT2D eigenvalue weighted by Gasteiger charge is -2.48. The number of aromatic amines is 1. The summed E-state index contributed by atoms with van der Waals surface area (Å²) in [6.07, 6.45) is 12.5. The number of nitrogens with one attached hydrogen (secondary N) is 2. The highest BCUT2D eigenvalue weighted by atomic mass is 16.5. The van der Waals surface area contributed by atoms with Gasteiger partial charge in [0.15, 0.2) is 5.75 Å². The Labute approximate surface area is 265 Å². The summed E-state index contributed by atoms with van der Waals surface area (Å²) in [4.78, 5) is 15.4. The number of aryl methyl sites for hydroxylation is 1. The van der Waals surface area contributed by atoms with Gasteiger partial charge >= 0.3 is 6.01 Å². The molecule has 236 valence electrons. The molecule has 45 heavy (non-hydrogen) atoms. The first-order valence-electron chi connectivity index (χ1n) is 17.3. The molecular weight excluding hydrogens is 562 g/mol. The van der Waals surface area contributed by atoms with Crippen molar-refractivity contribution in [3.8, 4) is 22.9 Å². The van der Waals surface area contributed by atoms with E-state index >= 15 is 0 Å². The fourth-order valence-corrected chi connectivity index (χ4v) is 7.99. The number of aromatic nitrogens is 4. The summed E-state index contributed by atoms with van der Waals surface area (Å²) < 4.78 is 13.8. The molecule has 5 fully saturated rings. The molecule has 9 nitrogen and oxygen atoms in total. The standard InChI is InChI=1S/C36H45N7O2/c1-22-6-9-29-28(19-38-41-29)30(22)31-26(23-7-8-23)18-27-32(33(31)44-24-4-3-5-24)39-35(45-25-10-14-42(2)15-11-25)40-34(27)43-16-12-36(13-17-43)20-37-21-36/h6,9,18-19,23-25,37H,3-5,7-8,10-17,20-21H2,1-2H3,(H,38,41). The Bertz CT molecular complexity index is 1740. The maximum atomic E-state index is 7.10. The second-order valence-corrected chi connectivity index (χ2v) is 14.6. The van der Waals surface area contributed by atoms with Gasteiger partial charge in [0.1, 0.15) is 17.4 Å². The summed E-state index contributed by atoms with van der Waals surface area (Å²) >= 11 is 0. The first-order valence-corrected chi connectivity index (χ1v) is 17.3. The van der Waals surface area contributed by atoms with Crippen molar-refractivity contribution in [1.82, 2.24) is 30.4 Å². The number of ether oxygens (including phenoxy) is 2. The van der Waals surface area contributed by atoms with E-state index < -0.39 is 0 Å². The summed E-state index contributed by atoms with van der Waals surface area (Å²) in [5, 5.41) is 13.5. The third-order valence-corrected chi connectivity index (χ3v) is 11.4. The van der Waals surface area contributed by atoms with Gasteiger partial charge in [-0.3, -0.25) is 5.10 Å². The fraction of sp³-hybridized carbons (Fsp3) is 0.583. The van der Waals surface area contributed by atoms with Gasteiger partial charge in [-0.2, -0.15) is 15.1 Å². The molecule has 2 aliphatic carbocycles. The third-order valence-electron chi connectivity index (χ3n) is 11.4. The zero-order valence-corrected chi connectivity index (χ0v) is 26.7. The third kappa shape index (κ3) is 4.94. The molecule has 3 aliphatic heterocycles. The average Bonchev–Trinajstić information content (AvgIpc) is 3.75. The van der Waals surface area contributed by atoms with Crippen molar-refractivity contribution in [3.63, 3.8) is 0 Å². The molecule has 0 atom stereocenters. The number of rotatable bonds is 7. The lowest BCUT2D eigenvalue weighted by atomic mass is 9.73. The maximum Gasteiger partial charge on any atom is 0.319 e. The quantitative estimate of drug-likeness (QED) is 0.266. The van der Waals surface area contributed by atoms with E-state index in [9.17, 15) is 0 Å². The van der Waals surface area contributed by atoms with Crippen LogP contribution in [0.15, 0.2) is 24.4 Å². The Hall–Kier alpha value is -3.43. The molecule has 0 amide bonds. The van der Waals surface area contributed by atoms with Crippen LogP contribution in [0.2, 0.25) is 0 Å². The molecule has 9 rings (SSSR count). The predicted molar refractivity (Wildman–Crippen MR) is 178 cm³/mol. The lowest BCUT2D eigenvalue weighted by molar-refractivity contribution is 0.105. The van der Waals surface area contributed by atoms with Crippen LogP contribution in [0, 0.1) is 12.3 Å². The van der Waals surface area contributed by atoms with Crippen LogP contribution < -0.4 is 19.7 Å². The second kappa shape index (κ2) is 10.8. The number of hydrogen-bond acceptors (Lipinski definition) is 8. The predicted octanol–water partition coefficient (Wildman–Crippen LogP) is 5.95. The van der Waals surface area contributed by atoms with Crippen molar-refractivity contribution in [2.24, 2.45) is 5.41 Å². The molecule has 2 N–H and O–H groups in total. The Morgan fingerprint density at radius 3 is 2.33 bits per heavy atom. The summed E-state index contributed by atoms with van der Waals surface area (Å²) in [7, 11) is 2.19. The highest BCUT2D eigenvalue weighted by molar-refractivity contribution is 6.06. The summed E-state index contributed by atoms with van der Waals surface area (Å²) in [6.45, 7) is 8.59. The highest BCUT2D eigenvalue weighted by Crippen LogP contribution is 2.53. The van der Waals surface area contributed by atoms with Gasteiger partial charge in [-0.15, -0.1) is 0 Å². The summed E-state index contributed by atoms with van der Waals surface area (Å²) in [5.41, 5.74) is 7.44. The molecule has 0 unspecified atom stereocenters. The van der Waals surface area contributed by atoms with E-state index in [1.54, 1.807) is 0 Å². The molecule has 2 aromatic carbocycles. The van der Waals surface area contributed by atoms with Crippen molar-refractivity contribution >= 4 is 27.6 Å². The molecule has 1 spiro atoms. The van der Waals surface area contributed by atoms with Gasteiger partial charge in [-0.1, -0.05) is 6.07 Å². The molecule has 0 bridgehead atoms. The lowest BCUT2D eigenvalue weighted by Crippen LogP contribution is -2.58. The number of fused-ring (bicyclic) bond motifs is 2. The van der Waals surface area contributed by atoms with Crippen molar-refractivity contribution < 1.29 is 9.47 Å². The van der Waals surface area contributed by atoms with Crippen LogP contribution in [-0.2, 0) is 0 Å². The Balaban J connectivity index is 1.26. The number of piperidine rings is 2. The van der Waals surface area contributed by atoms with Crippen LogP contribution >= 0.6 is 0 Å².